The van der Waals surface area contributed by atoms with Crippen LogP contribution in [0.5, 0.6) is 0 Å². The number of nitrogens with zero attached hydrogens (tertiary/aromatic N) is 4. The molecular weight excluding hydrogens is 275 g/mol. The van der Waals surface area contributed by atoms with E-state index in [1.54, 1.807) is 14.1 Å². The molecule has 0 saturated carbocycles. The minimum Gasteiger partial charge on any atom is -0.363 e. The molecule has 0 spiro atoms. The van der Waals surface area contributed by atoms with E-state index in [-0.39, 0.29) is 24.2 Å². The number of nitrogens with one attached hydrogen (secondary N) is 1. The highest BCUT2D eigenvalue weighted by molar-refractivity contribution is 5.82. The smallest absolute Gasteiger partial charge is 0.363 e. The Hall–Kier alpha value is -2.06. The second kappa shape index (κ2) is 5.14. The van der Waals surface area contributed by atoms with E-state index >= 15 is 0 Å². The first-order valence-electron chi connectivity index (χ1n) is 5.92. The third-order valence-electron chi connectivity index (χ3n) is 2.77. The summed E-state index contributed by atoms with van der Waals surface area (Å²) in [7, 11) is 3.18. The summed E-state index contributed by atoms with van der Waals surface area (Å²) < 4.78 is 38.5. The van der Waals surface area contributed by atoms with Crippen molar-refractivity contribution in [3.05, 3.63) is 11.8 Å². The lowest BCUT2D eigenvalue weighted by Crippen LogP contribution is -2.48. The molecule has 0 atom stereocenters. The number of piperazine rings is 1. The molecule has 1 aromatic rings. The van der Waals surface area contributed by atoms with E-state index < -0.39 is 11.9 Å². The third kappa shape index (κ3) is 3.09. The molecule has 2 heterocycles. The van der Waals surface area contributed by atoms with Crippen LogP contribution in [-0.4, -0.2) is 49.6 Å². The Kier molecular flexibility index (Phi) is 3.69. The van der Waals surface area contributed by atoms with E-state index in [0.717, 1.165) is 6.07 Å². The van der Waals surface area contributed by atoms with E-state index in [1.807, 2.05) is 0 Å². The Morgan fingerprint density at radius 2 is 2.05 bits per heavy atom. The molecule has 1 aliphatic rings. The van der Waals surface area contributed by atoms with Crippen LogP contribution in [0.4, 0.5) is 24.9 Å². The summed E-state index contributed by atoms with van der Waals surface area (Å²) in [5.74, 6) is -0.199. The lowest BCUT2D eigenvalue weighted by Gasteiger charge is -2.27. The molecule has 20 heavy (non-hydrogen) atoms. The molecule has 0 unspecified atom stereocenters. The van der Waals surface area contributed by atoms with Crippen LogP contribution in [0, 0.1) is 0 Å². The number of carbonyl (C=O) groups is 1. The molecule has 0 bridgehead atoms. The summed E-state index contributed by atoms with van der Waals surface area (Å²) in [5.41, 5.74) is -1.02. The Morgan fingerprint density at radius 1 is 1.35 bits per heavy atom. The largest absolute Gasteiger partial charge is 0.433 e. The predicted molar refractivity (Wildman–Crippen MR) is 66.6 cm³/mol. The van der Waals surface area contributed by atoms with Gasteiger partial charge < -0.3 is 15.1 Å². The Balaban J connectivity index is 2.41. The van der Waals surface area contributed by atoms with Crippen LogP contribution in [-0.2, 0) is 11.0 Å². The average Bonchev–Trinajstić information content (AvgIpc) is 2.37. The Labute approximate surface area is 113 Å². The quantitative estimate of drug-likeness (QED) is 0.859. The van der Waals surface area contributed by atoms with Crippen LogP contribution in [0.15, 0.2) is 6.07 Å². The first-order valence-corrected chi connectivity index (χ1v) is 5.92. The maximum absolute atomic E-state index is 12.8. The Morgan fingerprint density at radius 3 is 2.60 bits per heavy atom. The monoisotopic (exact) mass is 289 g/mol. The van der Waals surface area contributed by atoms with Gasteiger partial charge in [0.05, 0.1) is 6.54 Å². The number of hydrogen-bond donors (Lipinski definition) is 1. The minimum absolute atomic E-state index is 0.0474. The lowest BCUT2D eigenvalue weighted by atomic mass is 10.3. The maximum atomic E-state index is 12.8. The highest BCUT2D eigenvalue weighted by Crippen LogP contribution is 2.30. The summed E-state index contributed by atoms with van der Waals surface area (Å²) in [6, 6.07) is 0.882. The molecule has 110 valence electrons. The SMILES string of the molecule is CN(C)c1cc(C(F)(F)F)nc(N2CCNC(=O)C2)n1. The number of alkyl halides is 3. The van der Waals surface area contributed by atoms with Gasteiger partial charge in [-0.3, -0.25) is 4.79 Å². The van der Waals surface area contributed by atoms with Crippen LogP contribution in [0.3, 0.4) is 0 Å². The van der Waals surface area contributed by atoms with E-state index in [2.05, 4.69) is 15.3 Å². The van der Waals surface area contributed by atoms with Gasteiger partial charge in [0.2, 0.25) is 11.9 Å². The van der Waals surface area contributed by atoms with E-state index in [9.17, 15) is 18.0 Å². The number of amides is 1. The number of halogens is 3. The molecule has 1 amide bonds. The van der Waals surface area contributed by atoms with Crippen molar-refractivity contribution in [3.63, 3.8) is 0 Å². The van der Waals surface area contributed by atoms with Gasteiger partial charge in [0, 0.05) is 33.3 Å². The van der Waals surface area contributed by atoms with E-state index in [4.69, 9.17) is 0 Å². The van der Waals surface area contributed by atoms with Crippen LogP contribution >= 0.6 is 0 Å². The van der Waals surface area contributed by atoms with Crippen LogP contribution in [0.2, 0.25) is 0 Å². The van der Waals surface area contributed by atoms with Gasteiger partial charge in [0.1, 0.15) is 5.82 Å². The molecule has 0 aromatic carbocycles. The summed E-state index contributed by atoms with van der Waals surface area (Å²) >= 11 is 0. The van der Waals surface area contributed by atoms with Gasteiger partial charge >= 0.3 is 6.18 Å². The number of aromatic nitrogens is 2. The molecule has 1 N–H and O–H groups in total. The highest BCUT2D eigenvalue weighted by atomic mass is 19.4. The predicted octanol–water partition coefficient (Wildman–Crippen LogP) is 0.498. The van der Waals surface area contributed by atoms with E-state index in [1.165, 1.54) is 9.80 Å². The second-order valence-corrected chi connectivity index (χ2v) is 4.58. The first-order chi connectivity index (χ1) is 9.27. The molecule has 1 aliphatic heterocycles. The highest BCUT2D eigenvalue weighted by Gasteiger charge is 2.34. The zero-order valence-electron chi connectivity index (χ0n) is 11.0. The van der Waals surface area contributed by atoms with Crippen molar-refractivity contribution in [1.29, 1.82) is 0 Å². The van der Waals surface area contributed by atoms with Gasteiger partial charge in [-0.25, -0.2) is 4.98 Å². The molecule has 0 aliphatic carbocycles. The van der Waals surface area contributed by atoms with Crippen molar-refractivity contribution in [1.82, 2.24) is 15.3 Å². The average molecular weight is 289 g/mol. The Bertz CT molecular complexity index is 517. The van der Waals surface area contributed by atoms with Gasteiger partial charge in [-0.05, 0) is 0 Å². The first kappa shape index (κ1) is 14.4. The fraction of sp³-hybridized carbons (Fsp3) is 0.545. The summed E-state index contributed by atoms with van der Waals surface area (Å²) in [5, 5.41) is 2.60. The van der Waals surface area contributed by atoms with Gasteiger partial charge in [0.15, 0.2) is 5.69 Å². The number of rotatable bonds is 2. The topological polar surface area (TPSA) is 61.4 Å². The van der Waals surface area contributed by atoms with Crippen molar-refractivity contribution >= 4 is 17.7 Å². The van der Waals surface area contributed by atoms with Crippen molar-refractivity contribution in [3.8, 4) is 0 Å². The number of carbonyl (C=O) groups excluding carboxylic acids is 1. The second-order valence-electron chi connectivity index (χ2n) is 4.58. The third-order valence-corrected chi connectivity index (χ3v) is 2.77. The summed E-state index contributed by atoms with van der Waals surface area (Å²) in [4.78, 5) is 21.8. The normalized spacial score (nSPS) is 16.1. The van der Waals surface area contributed by atoms with Crippen LogP contribution in [0.25, 0.3) is 0 Å². The number of hydrogen-bond acceptors (Lipinski definition) is 5. The fourth-order valence-electron chi connectivity index (χ4n) is 1.75. The zero-order valence-corrected chi connectivity index (χ0v) is 11.0. The molecule has 1 saturated heterocycles. The molecule has 1 fully saturated rings. The summed E-state index contributed by atoms with van der Waals surface area (Å²) in [6.07, 6.45) is -4.56. The molecule has 1 aromatic heterocycles. The standard InChI is InChI=1S/C11H14F3N5O/c1-18(2)8-5-7(11(12,13)14)16-10(17-8)19-4-3-15-9(20)6-19/h5H,3-4,6H2,1-2H3,(H,15,20). The van der Waals surface area contributed by atoms with Crippen molar-refractivity contribution in [2.24, 2.45) is 0 Å². The van der Waals surface area contributed by atoms with Crippen LogP contribution in [0.1, 0.15) is 5.69 Å². The van der Waals surface area contributed by atoms with Gasteiger partial charge in [0.25, 0.3) is 0 Å². The van der Waals surface area contributed by atoms with Crippen molar-refractivity contribution < 1.29 is 18.0 Å². The molecule has 0 radical (unpaired) electrons. The number of anilines is 2. The van der Waals surface area contributed by atoms with Gasteiger partial charge in [-0.2, -0.15) is 18.2 Å². The molecule has 2 rings (SSSR count). The van der Waals surface area contributed by atoms with Crippen molar-refractivity contribution in [2.45, 2.75) is 6.18 Å². The zero-order chi connectivity index (χ0) is 14.9. The minimum atomic E-state index is -4.56. The maximum Gasteiger partial charge on any atom is 0.433 e. The van der Waals surface area contributed by atoms with Gasteiger partial charge in [-0.15, -0.1) is 0 Å². The lowest BCUT2D eigenvalue weighted by molar-refractivity contribution is -0.141. The summed E-state index contributed by atoms with van der Waals surface area (Å²) in [6.45, 7) is 0.684. The molecular formula is C11H14F3N5O. The molecule has 6 nitrogen and oxygen atoms in total. The van der Waals surface area contributed by atoms with Gasteiger partial charge in [-0.1, -0.05) is 0 Å². The van der Waals surface area contributed by atoms with Crippen molar-refractivity contribution in [2.75, 3.05) is 43.5 Å². The van der Waals surface area contributed by atoms with Crippen LogP contribution < -0.4 is 15.1 Å². The van der Waals surface area contributed by atoms with E-state index in [0.29, 0.717) is 13.1 Å². The molecule has 9 heteroatoms. The fourth-order valence-corrected chi connectivity index (χ4v) is 1.75.